The summed E-state index contributed by atoms with van der Waals surface area (Å²) in [4.78, 5) is 0. The van der Waals surface area contributed by atoms with Crippen LogP contribution >= 0.6 is 0 Å². The van der Waals surface area contributed by atoms with Crippen molar-refractivity contribution in [3.05, 3.63) is 48.0 Å². The van der Waals surface area contributed by atoms with Gasteiger partial charge >= 0.3 is 0 Å². The summed E-state index contributed by atoms with van der Waals surface area (Å²) in [5, 5.41) is 19.0. The van der Waals surface area contributed by atoms with Gasteiger partial charge in [0.2, 0.25) is 0 Å². The van der Waals surface area contributed by atoms with Crippen molar-refractivity contribution in [1.29, 1.82) is 0 Å². The summed E-state index contributed by atoms with van der Waals surface area (Å²) in [5.74, 6) is 0.336. The molecule has 0 aliphatic rings. The highest BCUT2D eigenvalue weighted by Gasteiger charge is 2.04. The fourth-order valence-electron chi connectivity index (χ4n) is 1.57. The first kappa shape index (κ1) is 9.59. The maximum absolute atomic E-state index is 9.67. The summed E-state index contributed by atoms with van der Waals surface area (Å²) >= 11 is 0. The summed E-state index contributed by atoms with van der Waals surface area (Å²) < 4.78 is 0. The van der Waals surface area contributed by atoms with E-state index in [1.54, 1.807) is 6.07 Å². The lowest BCUT2D eigenvalue weighted by Crippen LogP contribution is -1.80. The fourth-order valence-corrected chi connectivity index (χ4v) is 1.57. The van der Waals surface area contributed by atoms with Crippen molar-refractivity contribution in [2.75, 3.05) is 0 Å². The van der Waals surface area contributed by atoms with E-state index in [1.807, 2.05) is 31.2 Å². The van der Waals surface area contributed by atoms with Crippen LogP contribution in [0.1, 0.15) is 5.56 Å². The number of aromatic hydroxyl groups is 2. The molecule has 2 nitrogen and oxygen atoms in total. The van der Waals surface area contributed by atoms with Gasteiger partial charge in [-0.3, -0.25) is 0 Å². The molecule has 2 rings (SSSR count). The number of hydrogen-bond acceptors (Lipinski definition) is 2. The van der Waals surface area contributed by atoms with E-state index in [9.17, 15) is 10.2 Å². The molecule has 2 N–H and O–H groups in total. The lowest BCUT2D eigenvalue weighted by atomic mass is 10.0. The predicted molar refractivity (Wildman–Crippen MR) is 59.9 cm³/mol. The molecular formula is C13H12O2. The van der Waals surface area contributed by atoms with E-state index in [1.165, 1.54) is 12.1 Å². The molecule has 0 bridgehead atoms. The zero-order chi connectivity index (χ0) is 10.8. The summed E-state index contributed by atoms with van der Waals surface area (Å²) in [6, 6.07) is 12.3. The van der Waals surface area contributed by atoms with Crippen LogP contribution in [0.3, 0.4) is 0 Å². The van der Waals surface area contributed by atoms with E-state index in [2.05, 4.69) is 0 Å². The minimum absolute atomic E-state index is 0.157. The van der Waals surface area contributed by atoms with Crippen molar-refractivity contribution in [3.8, 4) is 22.6 Å². The Labute approximate surface area is 88.4 Å². The molecule has 0 radical (unpaired) electrons. The minimum atomic E-state index is 0.157. The first-order chi connectivity index (χ1) is 7.16. The molecule has 0 saturated carbocycles. The van der Waals surface area contributed by atoms with E-state index < -0.39 is 0 Å². The van der Waals surface area contributed by atoms with Gasteiger partial charge in [0.1, 0.15) is 11.5 Å². The van der Waals surface area contributed by atoms with Gasteiger partial charge in [0.05, 0.1) is 0 Å². The highest BCUT2D eigenvalue weighted by Crippen LogP contribution is 2.32. The average Bonchev–Trinajstić information content (AvgIpc) is 2.22. The number of phenols is 2. The van der Waals surface area contributed by atoms with Gasteiger partial charge in [-0.15, -0.1) is 0 Å². The van der Waals surface area contributed by atoms with Crippen molar-refractivity contribution in [1.82, 2.24) is 0 Å². The second kappa shape index (κ2) is 3.65. The Balaban J connectivity index is 2.58. The second-order valence-corrected chi connectivity index (χ2v) is 3.57. The van der Waals surface area contributed by atoms with Gasteiger partial charge in [-0.2, -0.15) is 0 Å². The molecule has 0 aliphatic carbocycles. The molecule has 2 aromatic rings. The molecular weight excluding hydrogens is 188 g/mol. The third-order valence-corrected chi connectivity index (χ3v) is 2.31. The van der Waals surface area contributed by atoms with Crippen LogP contribution in [0.25, 0.3) is 11.1 Å². The second-order valence-electron chi connectivity index (χ2n) is 3.57. The number of phenolic OH excluding ortho intramolecular Hbond substituents is 2. The molecule has 76 valence electrons. The normalized spacial score (nSPS) is 10.2. The molecule has 0 aliphatic heterocycles. The lowest BCUT2D eigenvalue weighted by molar-refractivity contribution is 0.462. The smallest absolute Gasteiger partial charge is 0.123 e. The average molecular weight is 200 g/mol. The van der Waals surface area contributed by atoms with Crippen LogP contribution in [0.4, 0.5) is 0 Å². The number of rotatable bonds is 1. The molecule has 0 fully saturated rings. The highest BCUT2D eigenvalue weighted by atomic mass is 16.3. The largest absolute Gasteiger partial charge is 0.508 e. The third-order valence-electron chi connectivity index (χ3n) is 2.31. The first-order valence-corrected chi connectivity index (χ1v) is 4.76. The highest BCUT2D eigenvalue weighted by molar-refractivity contribution is 5.71. The molecule has 0 spiro atoms. The Kier molecular flexibility index (Phi) is 2.34. The Morgan fingerprint density at radius 3 is 2.47 bits per heavy atom. The summed E-state index contributed by atoms with van der Waals surface area (Å²) in [7, 11) is 0. The Bertz CT molecular complexity index is 490. The Hall–Kier alpha value is -1.96. The predicted octanol–water partition coefficient (Wildman–Crippen LogP) is 3.07. The van der Waals surface area contributed by atoms with Gasteiger partial charge in [-0.05, 0) is 30.7 Å². The van der Waals surface area contributed by atoms with Gasteiger partial charge in [-0.1, -0.05) is 29.8 Å². The zero-order valence-electron chi connectivity index (χ0n) is 8.44. The number of aryl methyl sites for hydroxylation is 1. The Morgan fingerprint density at radius 1 is 0.933 bits per heavy atom. The van der Waals surface area contributed by atoms with Gasteiger partial charge in [0.25, 0.3) is 0 Å². The number of hydrogen-bond donors (Lipinski definition) is 2. The topological polar surface area (TPSA) is 40.5 Å². The van der Waals surface area contributed by atoms with Crippen LogP contribution in [-0.2, 0) is 0 Å². The zero-order valence-corrected chi connectivity index (χ0v) is 8.44. The van der Waals surface area contributed by atoms with E-state index >= 15 is 0 Å². The van der Waals surface area contributed by atoms with Crippen LogP contribution < -0.4 is 0 Å². The lowest BCUT2D eigenvalue weighted by Gasteiger charge is -2.06. The summed E-state index contributed by atoms with van der Waals surface area (Å²) in [6.07, 6.45) is 0. The van der Waals surface area contributed by atoms with Crippen molar-refractivity contribution in [3.63, 3.8) is 0 Å². The van der Waals surface area contributed by atoms with Gasteiger partial charge < -0.3 is 10.2 Å². The standard InChI is InChI=1S/C13H12O2/c1-9-3-2-4-10(7-9)12-8-11(14)5-6-13(12)15/h2-8,14-15H,1H3. The van der Waals surface area contributed by atoms with Crippen LogP contribution in [0.2, 0.25) is 0 Å². The molecule has 0 atom stereocenters. The van der Waals surface area contributed by atoms with Crippen LogP contribution in [0.5, 0.6) is 11.5 Å². The first-order valence-electron chi connectivity index (χ1n) is 4.76. The molecule has 0 saturated heterocycles. The summed E-state index contributed by atoms with van der Waals surface area (Å²) in [5.41, 5.74) is 2.68. The van der Waals surface area contributed by atoms with Gasteiger partial charge in [0.15, 0.2) is 0 Å². The van der Waals surface area contributed by atoms with Crippen LogP contribution in [-0.4, -0.2) is 10.2 Å². The monoisotopic (exact) mass is 200 g/mol. The van der Waals surface area contributed by atoms with E-state index in [-0.39, 0.29) is 11.5 Å². The molecule has 2 heteroatoms. The SMILES string of the molecule is Cc1cccc(-c2cc(O)ccc2O)c1. The minimum Gasteiger partial charge on any atom is -0.508 e. The van der Waals surface area contributed by atoms with Crippen LogP contribution in [0, 0.1) is 6.92 Å². The van der Waals surface area contributed by atoms with Crippen molar-refractivity contribution < 1.29 is 10.2 Å². The van der Waals surface area contributed by atoms with Gasteiger partial charge in [-0.25, -0.2) is 0 Å². The van der Waals surface area contributed by atoms with Gasteiger partial charge in [0, 0.05) is 5.56 Å². The molecule has 0 unspecified atom stereocenters. The Morgan fingerprint density at radius 2 is 1.73 bits per heavy atom. The van der Waals surface area contributed by atoms with Crippen LogP contribution in [0.15, 0.2) is 42.5 Å². The molecule has 0 aromatic heterocycles. The molecule has 2 aromatic carbocycles. The molecule has 0 amide bonds. The van der Waals surface area contributed by atoms with E-state index in [0.717, 1.165) is 11.1 Å². The van der Waals surface area contributed by atoms with Crippen molar-refractivity contribution in [2.24, 2.45) is 0 Å². The van der Waals surface area contributed by atoms with E-state index in [4.69, 9.17) is 0 Å². The molecule has 0 heterocycles. The fraction of sp³-hybridized carbons (Fsp3) is 0.0769. The van der Waals surface area contributed by atoms with Crippen molar-refractivity contribution in [2.45, 2.75) is 6.92 Å². The maximum Gasteiger partial charge on any atom is 0.123 e. The quantitative estimate of drug-likeness (QED) is 0.694. The van der Waals surface area contributed by atoms with Crippen molar-refractivity contribution >= 4 is 0 Å². The summed E-state index contributed by atoms with van der Waals surface area (Å²) in [6.45, 7) is 1.99. The number of benzene rings is 2. The molecule has 15 heavy (non-hydrogen) atoms. The maximum atomic E-state index is 9.67. The van der Waals surface area contributed by atoms with E-state index in [0.29, 0.717) is 5.56 Å². The third kappa shape index (κ3) is 1.94.